The van der Waals surface area contributed by atoms with Crippen molar-refractivity contribution in [2.24, 2.45) is 0 Å². The zero-order chi connectivity index (χ0) is 13.1. The average Bonchev–Trinajstić information content (AvgIpc) is 2.70. The first-order valence-corrected chi connectivity index (χ1v) is 6.10. The Morgan fingerprint density at radius 1 is 1.26 bits per heavy atom. The third-order valence-corrected chi connectivity index (χ3v) is 2.84. The van der Waals surface area contributed by atoms with Gasteiger partial charge in [-0.3, -0.25) is 4.68 Å². The van der Waals surface area contributed by atoms with Crippen molar-refractivity contribution in [3.05, 3.63) is 47.5 Å². The number of anilines is 1. The zero-order valence-corrected chi connectivity index (χ0v) is 12.2. The van der Waals surface area contributed by atoms with Crippen molar-refractivity contribution in [2.45, 2.75) is 33.4 Å². The molecule has 0 aliphatic heterocycles. The molecule has 2 aromatic rings. The van der Waals surface area contributed by atoms with Gasteiger partial charge in [0.1, 0.15) is 5.82 Å². The largest absolute Gasteiger partial charge is 0.378 e. The van der Waals surface area contributed by atoms with E-state index in [1.807, 2.05) is 17.8 Å². The molecule has 0 aliphatic carbocycles. The Kier molecular flexibility index (Phi) is 5.36. The van der Waals surface area contributed by atoms with Crippen molar-refractivity contribution in [2.75, 3.05) is 5.32 Å². The van der Waals surface area contributed by atoms with Gasteiger partial charge in [-0.1, -0.05) is 12.1 Å². The maximum Gasteiger partial charge on any atom is 0.123 e. The van der Waals surface area contributed by atoms with Crippen molar-refractivity contribution in [3.63, 3.8) is 0 Å². The van der Waals surface area contributed by atoms with Gasteiger partial charge in [0.05, 0.1) is 11.4 Å². The van der Waals surface area contributed by atoms with Crippen molar-refractivity contribution in [1.29, 1.82) is 0 Å². The summed E-state index contributed by atoms with van der Waals surface area (Å²) in [5.74, 6) is -0.206. The van der Waals surface area contributed by atoms with Crippen LogP contribution in [0.15, 0.2) is 30.5 Å². The van der Waals surface area contributed by atoms with Gasteiger partial charge in [0, 0.05) is 18.8 Å². The summed E-state index contributed by atoms with van der Waals surface area (Å²) in [4.78, 5) is 0. The molecule has 1 N–H and O–H groups in total. The molecule has 0 saturated heterocycles. The molecule has 0 atom stereocenters. The predicted molar refractivity (Wildman–Crippen MR) is 78.3 cm³/mol. The Labute approximate surface area is 119 Å². The van der Waals surface area contributed by atoms with E-state index in [9.17, 15) is 4.39 Å². The molecular weight excluding hydrogens is 265 g/mol. The number of aromatic nitrogens is 2. The maximum absolute atomic E-state index is 12.8. The maximum atomic E-state index is 12.8. The van der Waals surface area contributed by atoms with E-state index >= 15 is 0 Å². The number of hydrogen-bond acceptors (Lipinski definition) is 2. The zero-order valence-electron chi connectivity index (χ0n) is 11.4. The lowest BCUT2D eigenvalue weighted by Crippen LogP contribution is -2.01. The lowest BCUT2D eigenvalue weighted by Gasteiger charge is -2.05. The lowest BCUT2D eigenvalue weighted by atomic mass is 10.2. The van der Waals surface area contributed by atoms with Crippen LogP contribution in [0.1, 0.15) is 31.1 Å². The van der Waals surface area contributed by atoms with Crippen LogP contribution in [0.25, 0.3) is 0 Å². The fourth-order valence-corrected chi connectivity index (χ4v) is 1.72. The Morgan fingerprint density at radius 3 is 2.42 bits per heavy atom. The third kappa shape index (κ3) is 3.96. The summed E-state index contributed by atoms with van der Waals surface area (Å²) in [7, 11) is 0. The van der Waals surface area contributed by atoms with Crippen LogP contribution in [0.5, 0.6) is 0 Å². The van der Waals surface area contributed by atoms with Gasteiger partial charge in [-0.25, -0.2) is 4.39 Å². The van der Waals surface area contributed by atoms with Gasteiger partial charge in [-0.2, -0.15) is 5.10 Å². The minimum absolute atomic E-state index is 0. The number of aryl methyl sites for hydroxylation is 1. The molecule has 0 unspecified atom stereocenters. The molecule has 0 radical (unpaired) electrons. The van der Waals surface area contributed by atoms with Crippen molar-refractivity contribution >= 4 is 18.1 Å². The highest BCUT2D eigenvalue weighted by molar-refractivity contribution is 5.85. The van der Waals surface area contributed by atoms with Gasteiger partial charge < -0.3 is 5.32 Å². The molecular formula is C14H19ClFN3. The average molecular weight is 284 g/mol. The molecule has 1 aromatic heterocycles. The number of rotatable bonds is 4. The molecule has 0 fully saturated rings. The standard InChI is InChI=1S/C14H18FN3.ClH/c1-10(2)18-9-14(11(3)17-18)16-8-12-4-6-13(15)7-5-12;/h4-7,9-10,16H,8H2,1-3H3;1H. The molecule has 104 valence electrons. The molecule has 3 nitrogen and oxygen atoms in total. The van der Waals surface area contributed by atoms with Gasteiger partial charge in [0.25, 0.3) is 0 Å². The molecule has 5 heteroatoms. The van der Waals surface area contributed by atoms with Gasteiger partial charge in [0.15, 0.2) is 0 Å². The van der Waals surface area contributed by atoms with Gasteiger partial charge in [0.2, 0.25) is 0 Å². The number of nitrogens with one attached hydrogen (secondary N) is 1. The van der Waals surface area contributed by atoms with Crippen molar-refractivity contribution in [3.8, 4) is 0 Å². The normalized spacial score (nSPS) is 10.4. The van der Waals surface area contributed by atoms with E-state index in [2.05, 4.69) is 24.3 Å². The summed E-state index contributed by atoms with van der Waals surface area (Å²) in [6, 6.07) is 6.86. The Balaban J connectivity index is 0.00000180. The minimum Gasteiger partial charge on any atom is -0.378 e. The Bertz CT molecular complexity index is 520. The molecule has 0 amide bonds. The van der Waals surface area contributed by atoms with Crippen molar-refractivity contribution < 1.29 is 4.39 Å². The summed E-state index contributed by atoms with van der Waals surface area (Å²) in [5, 5.41) is 7.75. The second kappa shape index (κ2) is 6.57. The number of nitrogens with zero attached hydrogens (tertiary/aromatic N) is 2. The SMILES string of the molecule is Cc1nn(C(C)C)cc1NCc1ccc(F)cc1.Cl. The van der Waals surface area contributed by atoms with Gasteiger partial charge in [-0.05, 0) is 38.5 Å². The van der Waals surface area contributed by atoms with Crippen LogP contribution < -0.4 is 5.32 Å². The van der Waals surface area contributed by atoms with E-state index in [4.69, 9.17) is 0 Å². The number of halogens is 2. The second-order valence-corrected chi connectivity index (χ2v) is 4.68. The molecule has 2 rings (SSSR count). The number of benzene rings is 1. The molecule has 1 aromatic carbocycles. The lowest BCUT2D eigenvalue weighted by molar-refractivity contribution is 0.529. The first-order chi connectivity index (χ1) is 8.56. The fraction of sp³-hybridized carbons (Fsp3) is 0.357. The molecule has 19 heavy (non-hydrogen) atoms. The minimum atomic E-state index is -0.206. The summed E-state index contributed by atoms with van der Waals surface area (Å²) >= 11 is 0. The molecule has 1 heterocycles. The summed E-state index contributed by atoms with van der Waals surface area (Å²) in [6.07, 6.45) is 2.00. The highest BCUT2D eigenvalue weighted by atomic mass is 35.5. The van der Waals surface area contributed by atoms with Crippen LogP contribution in [-0.2, 0) is 6.54 Å². The topological polar surface area (TPSA) is 29.9 Å². The quantitative estimate of drug-likeness (QED) is 0.921. The van der Waals surface area contributed by atoms with Crippen molar-refractivity contribution in [1.82, 2.24) is 9.78 Å². The van der Waals surface area contributed by atoms with Crippen LogP contribution in [0.4, 0.5) is 10.1 Å². The van der Waals surface area contributed by atoms with E-state index in [1.54, 1.807) is 12.1 Å². The Hall–Kier alpha value is -1.55. The van der Waals surface area contributed by atoms with Gasteiger partial charge >= 0.3 is 0 Å². The van der Waals surface area contributed by atoms with E-state index < -0.39 is 0 Å². The monoisotopic (exact) mass is 283 g/mol. The summed E-state index contributed by atoms with van der Waals surface area (Å²) in [6.45, 7) is 6.84. The summed E-state index contributed by atoms with van der Waals surface area (Å²) in [5.41, 5.74) is 3.05. The first kappa shape index (κ1) is 15.5. The molecule has 0 aliphatic rings. The molecule has 0 bridgehead atoms. The molecule has 0 saturated carbocycles. The Morgan fingerprint density at radius 2 is 1.89 bits per heavy atom. The van der Waals surface area contributed by atoms with Crippen LogP contribution in [-0.4, -0.2) is 9.78 Å². The van der Waals surface area contributed by atoms with E-state index in [0.29, 0.717) is 12.6 Å². The number of hydrogen-bond donors (Lipinski definition) is 1. The van der Waals surface area contributed by atoms with Gasteiger partial charge in [-0.15, -0.1) is 12.4 Å². The smallest absolute Gasteiger partial charge is 0.123 e. The first-order valence-electron chi connectivity index (χ1n) is 6.10. The predicted octanol–water partition coefficient (Wildman–Crippen LogP) is 3.95. The van der Waals surface area contributed by atoms with E-state index in [0.717, 1.165) is 16.9 Å². The third-order valence-electron chi connectivity index (χ3n) is 2.84. The highest BCUT2D eigenvalue weighted by Crippen LogP contribution is 2.16. The van der Waals surface area contributed by atoms with Crippen LogP contribution >= 0.6 is 12.4 Å². The molecule has 0 spiro atoms. The highest BCUT2D eigenvalue weighted by Gasteiger charge is 2.06. The summed E-state index contributed by atoms with van der Waals surface area (Å²) < 4.78 is 14.7. The van der Waals surface area contributed by atoms with Crippen LogP contribution in [0.2, 0.25) is 0 Å². The van der Waals surface area contributed by atoms with Crippen LogP contribution in [0, 0.1) is 12.7 Å². The van der Waals surface area contributed by atoms with E-state index in [1.165, 1.54) is 12.1 Å². The fourth-order valence-electron chi connectivity index (χ4n) is 1.72. The van der Waals surface area contributed by atoms with Crippen LogP contribution in [0.3, 0.4) is 0 Å². The second-order valence-electron chi connectivity index (χ2n) is 4.68. The van der Waals surface area contributed by atoms with E-state index in [-0.39, 0.29) is 18.2 Å².